The summed E-state index contributed by atoms with van der Waals surface area (Å²) in [6.07, 6.45) is 4.62. The Kier molecular flexibility index (Phi) is 8.16. The number of hydrogen-bond donors (Lipinski definition) is 0. The molecule has 0 unspecified atom stereocenters. The highest BCUT2D eigenvalue weighted by atomic mass is 79.9. The van der Waals surface area contributed by atoms with Crippen molar-refractivity contribution in [3.05, 3.63) is 11.6 Å². The lowest BCUT2D eigenvalue weighted by atomic mass is 9.92. The van der Waals surface area contributed by atoms with Crippen LogP contribution in [0.4, 0.5) is 0 Å². The summed E-state index contributed by atoms with van der Waals surface area (Å²) in [5.41, 5.74) is -0.0776. The van der Waals surface area contributed by atoms with E-state index in [9.17, 15) is 9.59 Å². The van der Waals surface area contributed by atoms with E-state index in [4.69, 9.17) is 4.74 Å². The molecule has 0 amide bonds. The minimum Gasteiger partial charge on any atom is -0.462 e. The molecule has 0 fully saturated rings. The molecule has 3 nitrogen and oxygen atoms in total. The number of hydrogen-bond acceptors (Lipinski definition) is 3. The number of Topliss-reactive ketones (excluding diaryl/α,β-unsaturated/α-hetero) is 1. The van der Waals surface area contributed by atoms with Gasteiger partial charge in [-0.3, -0.25) is 4.79 Å². The molecular formula is C14H23BrO3. The summed E-state index contributed by atoms with van der Waals surface area (Å²) in [7, 11) is 0. The van der Waals surface area contributed by atoms with Crippen LogP contribution in [0.15, 0.2) is 11.6 Å². The van der Waals surface area contributed by atoms with Crippen LogP contribution in [0.2, 0.25) is 0 Å². The van der Waals surface area contributed by atoms with Crippen LogP contribution in [-0.2, 0) is 14.3 Å². The lowest BCUT2D eigenvalue weighted by molar-refractivity contribution is -0.140. The molecule has 0 saturated heterocycles. The fourth-order valence-corrected chi connectivity index (χ4v) is 1.65. The number of ketones is 1. The minimum atomic E-state index is -0.509. The first kappa shape index (κ1) is 17.4. The zero-order chi connectivity index (χ0) is 14.2. The fourth-order valence-electron chi connectivity index (χ4n) is 1.35. The third-order valence-corrected chi connectivity index (χ3v) is 2.71. The Hall–Kier alpha value is -0.640. The highest BCUT2D eigenvalue weighted by Gasteiger charge is 2.21. The highest BCUT2D eigenvalue weighted by Crippen LogP contribution is 2.19. The second-order valence-corrected chi connectivity index (χ2v) is 5.88. The summed E-state index contributed by atoms with van der Waals surface area (Å²) in [4.78, 5) is 23.6. The first-order chi connectivity index (χ1) is 8.31. The summed E-state index contributed by atoms with van der Waals surface area (Å²) in [5.74, 6) is -0.740. The smallest absolute Gasteiger partial charge is 0.341 e. The summed E-state index contributed by atoms with van der Waals surface area (Å²) in [6, 6.07) is 0. The van der Waals surface area contributed by atoms with Gasteiger partial charge in [0.1, 0.15) is 5.57 Å². The van der Waals surface area contributed by atoms with Crippen LogP contribution >= 0.6 is 15.9 Å². The average molecular weight is 319 g/mol. The number of esters is 1. The lowest BCUT2D eigenvalue weighted by Gasteiger charge is -2.15. The highest BCUT2D eigenvalue weighted by molar-refractivity contribution is 9.09. The number of rotatable bonds is 7. The van der Waals surface area contributed by atoms with Crippen molar-refractivity contribution in [2.45, 2.75) is 47.0 Å². The van der Waals surface area contributed by atoms with Crippen molar-refractivity contribution >= 4 is 27.7 Å². The van der Waals surface area contributed by atoms with Crippen molar-refractivity contribution in [3.63, 3.8) is 0 Å². The zero-order valence-electron chi connectivity index (χ0n) is 11.7. The van der Waals surface area contributed by atoms with Gasteiger partial charge >= 0.3 is 5.97 Å². The Morgan fingerprint density at radius 3 is 2.28 bits per heavy atom. The number of carbonyl (C=O) groups is 2. The SMILES string of the molecule is CCCCCOC(=O)C(=CC(C)(C)C)C(=O)CBr. The van der Waals surface area contributed by atoms with Gasteiger partial charge in [0.2, 0.25) is 0 Å². The van der Waals surface area contributed by atoms with E-state index in [1.54, 1.807) is 6.08 Å². The number of unbranched alkanes of at least 4 members (excludes halogenated alkanes) is 2. The molecule has 0 aliphatic rings. The molecule has 0 heterocycles. The molecule has 0 saturated carbocycles. The first-order valence-electron chi connectivity index (χ1n) is 6.31. The third-order valence-electron chi connectivity index (χ3n) is 2.20. The van der Waals surface area contributed by atoms with Crippen molar-refractivity contribution in [3.8, 4) is 0 Å². The second-order valence-electron chi connectivity index (χ2n) is 5.32. The maximum Gasteiger partial charge on any atom is 0.341 e. The molecule has 4 heteroatoms. The molecule has 0 spiro atoms. The van der Waals surface area contributed by atoms with E-state index in [1.165, 1.54) is 0 Å². The molecule has 0 aromatic rings. The Balaban J connectivity index is 4.63. The normalized spacial score (nSPS) is 12.4. The Bertz CT molecular complexity index is 313. The molecule has 0 atom stereocenters. The topological polar surface area (TPSA) is 43.4 Å². The zero-order valence-corrected chi connectivity index (χ0v) is 13.3. The van der Waals surface area contributed by atoms with Gasteiger partial charge in [-0.2, -0.15) is 0 Å². The average Bonchev–Trinajstić information content (AvgIpc) is 2.29. The van der Waals surface area contributed by atoms with Crippen molar-refractivity contribution in [2.24, 2.45) is 5.41 Å². The summed E-state index contributed by atoms with van der Waals surface area (Å²) in [6.45, 7) is 8.29. The number of carbonyl (C=O) groups excluding carboxylic acids is 2. The van der Waals surface area contributed by atoms with E-state index in [-0.39, 0.29) is 22.1 Å². The minimum absolute atomic E-state index is 0.138. The standard InChI is InChI=1S/C14H23BrO3/c1-5-6-7-8-18-13(17)11(12(16)10-15)9-14(2,3)4/h9H,5-8,10H2,1-4H3. The molecule has 0 rings (SSSR count). The predicted octanol–water partition coefficient (Wildman–Crippen LogP) is 3.66. The van der Waals surface area contributed by atoms with E-state index in [2.05, 4.69) is 22.9 Å². The lowest BCUT2D eigenvalue weighted by Crippen LogP contribution is -2.20. The number of alkyl halides is 1. The Morgan fingerprint density at radius 1 is 1.22 bits per heavy atom. The van der Waals surface area contributed by atoms with Crippen LogP contribution in [0.1, 0.15) is 47.0 Å². The van der Waals surface area contributed by atoms with Gasteiger partial charge in [-0.05, 0) is 11.8 Å². The van der Waals surface area contributed by atoms with Crippen molar-refractivity contribution in [2.75, 3.05) is 11.9 Å². The molecular weight excluding hydrogens is 296 g/mol. The molecule has 18 heavy (non-hydrogen) atoms. The molecule has 0 aromatic carbocycles. The molecule has 0 radical (unpaired) electrons. The molecule has 0 aromatic heterocycles. The molecule has 0 aliphatic heterocycles. The van der Waals surface area contributed by atoms with Gasteiger partial charge < -0.3 is 4.74 Å². The number of halogens is 1. The molecule has 0 aliphatic carbocycles. The Morgan fingerprint density at radius 2 is 1.83 bits per heavy atom. The van der Waals surface area contributed by atoms with Gasteiger partial charge in [0.15, 0.2) is 5.78 Å². The van der Waals surface area contributed by atoms with E-state index in [0.717, 1.165) is 19.3 Å². The number of ether oxygens (including phenoxy) is 1. The summed E-state index contributed by atoms with van der Waals surface area (Å²) < 4.78 is 5.13. The van der Waals surface area contributed by atoms with Gasteiger partial charge in [0.05, 0.1) is 11.9 Å². The van der Waals surface area contributed by atoms with Gasteiger partial charge in [-0.1, -0.05) is 62.5 Å². The van der Waals surface area contributed by atoms with E-state index in [0.29, 0.717) is 6.61 Å². The summed E-state index contributed by atoms with van der Waals surface area (Å²) in [5, 5.41) is 0.138. The van der Waals surface area contributed by atoms with Gasteiger partial charge in [0, 0.05) is 0 Å². The van der Waals surface area contributed by atoms with Crippen LogP contribution in [0.25, 0.3) is 0 Å². The summed E-state index contributed by atoms with van der Waals surface area (Å²) >= 11 is 3.09. The van der Waals surface area contributed by atoms with Gasteiger partial charge in [-0.25, -0.2) is 4.79 Å². The first-order valence-corrected chi connectivity index (χ1v) is 7.43. The van der Waals surface area contributed by atoms with E-state index < -0.39 is 5.97 Å². The van der Waals surface area contributed by atoms with Crippen molar-refractivity contribution in [1.82, 2.24) is 0 Å². The monoisotopic (exact) mass is 318 g/mol. The van der Waals surface area contributed by atoms with Crippen LogP contribution in [0.3, 0.4) is 0 Å². The van der Waals surface area contributed by atoms with Gasteiger partial charge in [0.25, 0.3) is 0 Å². The van der Waals surface area contributed by atoms with Crippen LogP contribution in [0.5, 0.6) is 0 Å². The molecule has 0 N–H and O–H groups in total. The van der Waals surface area contributed by atoms with Crippen molar-refractivity contribution in [1.29, 1.82) is 0 Å². The predicted molar refractivity (Wildman–Crippen MR) is 76.8 cm³/mol. The van der Waals surface area contributed by atoms with Crippen LogP contribution in [-0.4, -0.2) is 23.7 Å². The van der Waals surface area contributed by atoms with E-state index >= 15 is 0 Å². The largest absolute Gasteiger partial charge is 0.462 e. The second kappa shape index (κ2) is 8.46. The Labute approximate surface area is 118 Å². The van der Waals surface area contributed by atoms with Crippen LogP contribution in [0, 0.1) is 5.41 Å². The molecule has 0 bridgehead atoms. The molecule has 104 valence electrons. The van der Waals surface area contributed by atoms with Crippen molar-refractivity contribution < 1.29 is 14.3 Å². The van der Waals surface area contributed by atoms with Crippen LogP contribution < -0.4 is 0 Å². The maximum atomic E-state index is 11.9. The quantitative estimate of drug-likeness (QED) is 0.180. The van der Waals surface area contributed by atoms with Gasteiger partial charge in [-0.15, -0.1) is 0 Å². The fraction of sp³-hybridized carbons (Fsp3) is 0.714. The van der Waals surface area contributed by atoms with E-state index in [1.807, 2.05) is 20.8 Å². The third kappa shape index (κ3) is 7.64. The maximum absolute atomic E-state index is 11.9. The number of allylic oxidation sites excluding steroid dienone is 1.